The minimum Gasteiger partial charge on any atom is -0.290 e. The summed E-state index contributed by atoms with van der Waals surface area (Å²) in [7, 11) is 0. The lowest BCUT2D eigenvalue weighted by atomic mass is 9.98. The van der Waals surface area contributed by atoms with E-state index in [4.69, 9.17) is 11.6 Å². The fraction of sp³-hybridized carbons (Fsp3) is 0.0417. The Kier molecular flexibility index (Phi) is 4.45. The van der Waals surface area contributed by atoms with Gasteiger partial charge < -0.3 is 0 Å². The number of halogens is 1. The fourth-order valence-electron chi connectivity index (χ4n) is 3.68. The highest BCUT2D eigenvalue weighted by Crippen LogP contribution is 2.31. The maximum atomic E-state index is 13.0. The van der Waals surface area contributed by atoms with Crippen molar-refractivity contribution in [1.29, 1.82) is 0 Å². The lowest BCUT2D eigenvalue weighted by molar-refractivity contribution is 0.864. The number of H-pyrrole nitrogens is 1. The predicted octanol–water partition coefficient (Wildman–Crippen LogP) is 5.40. The first-order valence-corrected chi connectivity index (χ1v) is 9.87. The number of pyridine rings is 2. The Hall–Kier alpha value is -3.70. The Morgan fingerprint density at radius 1 is 0.933 bits per heavy atom. The highest BCUT2D eigenvalue weighted by atomic mass is 35.5. The molecule has 0 fully saturated rings. The molecule has 0 spiro atoms. The molecule has 0 amide bonds. The third-order valence-corrected chi connectivity index (χ3v) is 5.41. The highest BCUT2D eigenvalue weighted by Gasteiger charge is 2.16. The third kappa shape index (κ3) is 3.09. The summed E-state index contributed by atoms with van der Waals surface area (Å²) >= 11 is 6.00. The van der Waals surface area contributed by atoms with Crippen LogP contribution in [0.5, 0.6) is 0 Å². The minimum absolute atomic E-state index is 0.149. The molecule has 0 unspecified atom stereocenters. The van der Waals surface area contributed by atoms with Gasteiger partial charge in [0.2, 0.25) is 0 Å². The zero-order valence-electron chi connectivity index (χ0n) is 16.1. The van der Waals surface area contributed by atoms with Gasteiger partial charge in [0, 0.05) is 40.4 Å². The van der Waals surface area contributed by atoms with Crippen LogP contribution in [-0.4, -0.2) is 19.7 Å². The summed E-state index contributed by atoms with van der Waals surface area (Å²) in [6.45, 7) is 1.95. The number of rotatable bonds is 3. The largest absolute Gasteiger partial charge is 0.290 e. The molecule has 5 nitrogen and oxygen atoms in total. The van der Waals surface area contributed by atoms with Gasteiger partial charge in [0.15, 0.2) is 0 Å². The quantitative estimate of drug-likeness (QED) is 0.431. The summed E-state index contributed by atoms with van der Waals surface area (Å²) in [5.74, 6) is 0. The first-order chi connectivity index (χ1) is 14.6. The number of benzene rings is 2. The molecule has 3 heterocycles. The lowest BCUT2D eigenvalue weighted by Crippen LogP contribution is -2.14. The van der Waals surface area contributed by atoms with Crippen molar-refractivity contribution in [3.63, 3.8) is 0 Å². The number of nitrogens with zero attached hydrogens (tertiary/aromatic N) is 3. The normalized spacial score (nSPS) is 11.1. The molecule has 0 saturated carbocycles. The number of aromatic nitrogens is 4. The first kappa shape index (κ1) is 18.3. The number of aryl methyl sites for hydroxylation is 1. The number of nitrogens with one attached hydrogen (secondary N) is 1. The van der Waals surface area contributed by atoms with E-state index in [-0.39, 0.29) is 5.56 Å². The van der Waals surface area contributed by atoms with E-state index in [0.717, 1.165) is 33.5 Å². The van der Waals surface area contributed by atoms with Gasteiger partial charge in [-0.25, -0.2) is 4.68 Å². The van der Waals surface area contributed by atoms with Crippen molar-refractivity contribution >= 4 is 22.5 Å². The maximum Gasteiger partial charge on any atom is 0.280 e. The second kappa shape index (κ2) is 7.28. The van der Waals surface area contributed by atoms with Crippen LogP contribution in [0.15, 0.2) is 84.0 Å². The molecule has 0 radical (unpaired) electrons. The van der Waals surface area contributed by atoms with Crippen LogP contribution in [0.2, 0.25) is 5.02 Å². The zero-order chi connectivity index (χ0) is 20.7. The van der Waals surface area contributed by atoms with E-state index < -0.39 is 0 Å². The number of fused-ring (bicyclic) bond motifs is 1. The van der Waals surface area contributed by atoms with E-state index >= 15 is 0 Å². The number of aromatic amines is 1. The van der Waals surface area contributed by atoms with Gasteiger partial charge in [0.25, 0.3) is 5.56 Å². The van der Waals surface area contributed by atoms with E-state index in [1.54, 1.807) is 24.5 Å². The second-order valence-electron chi connectivity index (χ2n) is 7.06. The van der Waals surface area contributed by atoms with Gasteiger partial charge in [-0.1, -0.05) is 35.9 Å². The van der Waals surface area contributed by atoms with Crippen LogP contribution >= 0.6 is 11.6 Å². The standard InChI is InChI=1S/C24H17ClN4O/c1-15-22(17-5-2-4-16(12-17)18-6-3-11-26-13-18)23-21(14-27-15)24(30)29(28-23)20-9-7-19(25)8-10-20/h2-14,28H,1H3. The van der Waals surface area contributed by atoms with Gasteiger partial charge in [0.05, 0.1) is 16.6 Å². The average Bonchev–Trinajstić information content (AvgIpc) is 3.11. The summed E-state index contributed by atoms with van der Waals surface area (Å²) in [5, 5.41) is 4.43. The molecule has 5 aromatic rings. The van der Waals surface area contributed by atoms with Crippen molar-refractivity contribution in [2.24, 2.45) is 0 Å². The van der Waals surface area contributed by atoms with Crippen molar-refractivity contribution in [1.82, 2.24) is 19.7 Å². The van der Waals surface area contributed by atoms with Crippen molar-refractivity contribution in [3.8, 4) is 27.9 Å². The van der Waals surface area contributed by atoms with Crippen LogP contribution in [0.1, 0.15) is 5.69 Å². The van der Waals surface area contributed by atoms with Crippen LogP contribution < -0.4 is 5.56 Å². The zero-order valence-corrected chi connectivity index (χ0v) is 16.9. The smallest absolute Gasteiger partial charge is 0.280 e. The van der Waals surface area contributed by atoms with E-state index in [1.807, 2.05) is 55.6 Å². The molecule has 0 saturated heterocycles. The first-order valence-electron chi connectivity index (χ1n) is 9.49. The lowest BCUT2D eigenvalue weighted by Gasteiger charge is -2.09. The van der Waals surface area contributed by atoms with Crippen LogP contribution in [0.4, 0.5) is 0 Å². The number of hydrogen-bond acceptors (Lipinski definition) is 3. The van der Waals surface area contributed by atoms with Crippen LogP contribution in [0.25, 0.3) is 38.8 Å². The fourth-order valence-corrected chi connectivity index (χ4v) is 3.81. The minimum atomic E-state index is -0.149. The Labute approximate surface area is 177 Å². The summed E-state index contributed by atoms with van der Waals surface area (Å²) in [6, 6.07) is 19.3. The topological polar surface area (TPSA) is 63.6 Å². The molecule has 0 aliphatic rings. The van der Waals surface area contributed by atoms with E-state index in [2.05, 4.69) is 21.1 Å². The molecule has 6 heteroatoms. The predicted molar refractivity (Wildman–Crippen MR) is 120 cm³/mol. The van der Waals surface area contributed by atoms with Gasteiger partial charge in [-0.05, 0) is 54.4 Å². The summed E-state index contributed by atoms with van der Waals surface area (Å²) in [4.78, 5) is 21.8. The van der Waals surface area contributed by atoms with Crippen LogP contribution in [-0.2, 0) is 0 Å². The van der Waals surface area contributed by atoms with Gasteiger partial charge in [-0.2, -0.15) is 0 Å². The molecule has 0 atom stereocenters. The second-order valence-corrected chi connectivity index (χ2v) is 7.50. The summed E-state index contributed by atoms with van der Waals surface area (Å²) in [6.07, 6.45) is 5.22. The van der Waals surface area contributed by atoms with Gasteiger partial charge in [0.1, 0.15) is 0 Å². The molecular formula is C24H17ClN4O. The average molecular weight is 413 g/mol. The van der Waals surface area contributed by atoms with Gasteiger partial charge in [-0.3, -0.25) is 19.9 Å². The molecule has 146 valence electrons. The van der Waals surface area contributed by atoms with Crippen molar-refractivity contribution in [2.45, 2.75) is 6.92 Å². The Morgan fingerprint density at radius 2 is 1.70 bits per heavy atom. The molecule has 3 aromatic heterocycles. The van der Waals surface area contributed by atoms with Crippen LogP contribution in [0, 0.1) is 6.92 Å². The Balaban J connectivity index is 1.72. The number of hydrogen-bond donors (Lipinski definition) is 1. The monoisotopic (exact) mass is 412 g/mol. The van der Waals surface area contributed by atoms with E-state index in [1.165, 1.54) is 4.68 Å². The molecule has 0 aliphatic heterocycles. The Morgan fingerprint density at radius 3 is 2.47 bits per heavy atom. The van der Waals surface area contributed by atoms with E-state index in [9.17, 15) is 4.79 Å². The van der Waals surface area contributed by atoms with Crippen molar-refractivity contribution in [2.75, 3.05) is 0 Å². The molecule has 1 N–H and O–H groups in total. The van der Waals surface area contributed by atoms with Gasteiger partial charge in [-0.15, -0.1) is 0 Å². The SMILES string of the molecule is Cc1ncc2c(=O)n(-c3ccc(Cl)cc3)[nH]c2c1-c1cccc(-c2cccnc2)c1. The molecule has 5 rings (SSSR count). The molecule has 2 aromatic carbocycles. The highest BCUT2D eigenvalue weighted by molar-refractivity contribution is 6.30. The maximum absolute atomic E-state index is 13.0. The van der Waals surface area contributed by atoms with Crippen molar-refractivity contribution in [3.05, 3.63) is 100 Å². The molecule has 0 aliphatic carbocycles. The summed E-state index contributed by atoms with van der Waals surface area (Å²) in [5.41, 5.74) is 6.14. The Bertz CT molecular complexity index is 1420. The molecule has 0 bridgehead atoms. The molecular weight excluding hydrogens is 396 g/mol. The van der Waals surface area contributed by atoms with E-state index in [0.29, 0.717) is 16.1 Å². The third-order valence-electron chi connectivity index (χ3n) is 5.16. The van der Waals surface area contributed by atoms with Crippen molar-refractivity contribution < 1.29 is 0 Å². The van der Waals surface area contributed by atoms with Gasteiger partial charge >= 0.3 is 0 Å². The molecule has 30 heavy (non-hydrogen) atoms. The summed E-state index contributed by atoms with van der Waals surface area (Å²) < 4.78 is 1.52. The van der Waals surface area contributed by atoms with Crippen LogP contribution in [0.3, 0.4) is 0 Å².